The highest BCUT2D eigenvalue weighted by atomic mass is 16.3. The minimum absolute atomic E-state index is 0.463. The lowest BCUT2D eigenvalue weighted by molar-refractivity contribution is 0.669. The molecule has 56 heavy (non-hydrogen) atoms. The summed E-state index contributed by atoms with van der Waals surface area (Å²) < 4.78 is 6.16. The molecule has 11 rings (SSSR count). The second-order valence-corrected chi connectivity index (χ2v) is 14.5. The molecule has 0 radical (unpaired) electrons. The van der Waals surface area contributed by atoms with E-state index in [0.717, 1.165) is 61.1 Å². The van der Waals surface area contributed by atoms with E-state index in [2.05, 4.69) is 170 Å². The van der Waals surface area contributed by atoms with Crippen LogP contribution in [0, 0.1) is 0 Å². The van der Waals surface area contributed by atoms with Gasteiger partial charge < -0.3 is 4.42 Å². The minimum atomic E-state index is -0.463. The van der Waals surface area contributed by atoms with Crippen molar-refractivity contribution in [3.8, 4) is 56.2 Å². The van der Waals surface area contributed by atoms with Crippen LogP contribution in [0.5, 0.6) is 0 Å². The van der Waals surface area contributed by atoms with Gasteiger partial charge in [-0.2, -0.15) is 0 Å². The fourth-order valence-corrected chi connectivity index (χ4v) is 8.83. The Balaban J connectivity index is 1.07. The molecule has 1 aliphatic rings. The van der Waals surface area contributed by atoms with Crippen LogP contribution in [0.1, 0.15) is 22.3 Å². The summed E-state index contributed by atoms with van der Waals surface area (Å²) in [7, 11) is 0. The number of aromatic nitrogens is 2. The summed E-state index contributed by atoms with van der Waals surface area (Å²) in [5.74, 6) is 0.687. The number of benzene rings is 8. The number of rotatable bonds is 6. The van der Waals surface area contributed by atoms with Gasteiger partial charge in [0, 0.05) is 27.5 Å². The van der Waals surface area contributed by atoms with E-state index in [-0.39, 0.29) is 0 Å². The Morgan fingerprint density at radius 2 is 0.893 bits per heavy atom. The van der Waals surface area contributed by atoms with Crippen LogP contribution in [0.25, 0.3) is 78.1 Å². The van der Waals surface area contributed by atoms with Crippen molar-refractivity contribution in [2.75, 3.05) is 0 Å². The number of fused-ring (bicyclic) bond motifs is 6. The van der Waals surface area contributed by atoms with E-state index < -0.39 is 5.41 Å². The van der Waals surface area contributed by atoms with E-state index >= 15 is 0 Å². The monoisotopic (exact) mass is 714 g/mol. The van der Waals surface area contributed by atoms with Crippen molar-refractivity contribution in [2.45, 2.75) is 5.41 Å². The summed E-state index contributed by atoms with van der Waals surface area (Å²) in [6.45, 7) is 0. The molecule has 1 aliphatic carbocycles. The van der Waals surface area contributed by atoms with Crippen LogP contribution < -0.4 is 0 Å². The summed E-state index contributed by atoms with van der Waals surface area (Å²) in [5.41, 5.74) is 16.0. The van der Waals surface area contributed by atoms with E-state index in [9.17, 15) is 0 Å². The van der Waals surface area contributed by atoms with Crippen molar-refractivity contribution in [1.82, 2.24) is 9.97 Å². The Morgan fingerprint density at radius 3 is 1.66 bits per heavy atom. The SMILES string of the molecule is c1ccc(-c2nc(-c3cccc(-c4ccc5c(c4)C(c4ccccc4)(c4ccccc4)c4ccccc4-5)c3)cc(-c3ccc4oc5ccccc5c4c3)n2)cc1. The van der Waals surface area contributed by atoms with Crippen LogP contribution in [0.3, 0.4) is 0 Å². The number of hydrogen-bond donors (Lipinski definition) is 0. The molecule has 3 nitrogen and oxygen atoms in total. The summed E-state index contributed by atoms with van der Waals surface area (Å²) >= 11 is 0. The molecule has 0 fully saturated rings. The molecule has 262 valence electrons. The molecule has 0 N–H and O–H groups in total. The molecule has 0 amide bonds. The summed E-state index contributed by atoms with van der Waals surface area (Å²) in [6.07, 6.45) is 0. The zero-order valence-electron chi connectivity index (χ0n) is 30.4. The molecule has 3 heteroatoms. The molecule has 2 heterocycles. The number of nitrogens with zero attached hydrogens (tertiary/aromatic N) is 2. The molecule has 0 atom stereocenters. The molecule has 10 aromatic rings. The van der Waals surface area contributed by atoms with Gasteiger partial charge in [-0.25, -0.2) is 9.97 Å². The van der Waals surface area contributed by atoms with Crippen LogP contribution in [0.15, 0.2) is 211 Å². The molecule has 0 unspecified atom stereocenters. The summed E-state index contributed by atoms with van der Waals surface area (Å²) in [4.78, 5) is 10.3. The van der Waals surface area contributed by atoms with E-state index in [1.807, 2.05) is 36.4 Å². The summed E-state index contributed by atoms with van der Waals surface area (Å²) in [5, 5.41) is 2.16. The highest BCUT2D eigenvalue weighted by Crippen LogP contribution is 2.56. The van der Waals surface area contributed by atoms with Crippen LogP contribution in [-0.4, -0.2) is 9.97 Å². The van der Waals surface area contributed by atoms with Crippen molar-refractivity contribution >= 4 is 21.9 Å². The van der Waals surface area contributed by atoms with Crippen molar-refractivity contribution in [1.29, 1.82) is 0 Å². The smallest absolute Gasteiger partial charge is 0.160 e. The third kappa shape index (κ3) is 5.05. The molecule has 0 spiro atoms. The molecule has 8 aromatic carbocycles. The van der Waals surface area contributed by atoms with Crippen molar-refractivity contribution in [3.63, 3.8) is 0 Å². The second-order valence-electron chi connectivity index (χ2n) is 14.5. The van der Waals surface area contributed by atoms with Gasteiger partial charge in [0.1, 0.15) is 11.2 Å². The van der Waals surface area contributed by atoms with Crippen LogP contribution in [0.4, 0.5) is 0 Å². The highest BCUT2D eigenvalue weighted by molar-refractivity contribution is 6.06. The Labute approximate surface area is 325 Å². The second kappa shape index (κ2) is 12.9. The van der Waals surface area contributed by atoms with Crippen LogP contribution in [-0.2, 0) is 5.41 Å². The van der Waals surface area contributed by atoms with Gasteiger partial charge in [-0.05, 0) is 87.0 Å². The molecular formula is C53H34N2O. The Kier molecular flexibility index (Phi) is 7.39. The highest BCUT2D eigenvalue weighted by Gasteiger charge is 2.46. The minimum Gasteiger partial charge on any atom is -0.456 e. The normalized spacial score (nSPS) is 12.8. The van der Waals surface area contributed by atoms with E-state index in [1.54, 1.807) is 0 Å². The number of furan rings is 1. The first kappa shape index (κ1) is 32.1. The average Bonchev–Trinajstić information content (AvgIpc) is 3.80. The zero-order chi connectivity index (χ0) is 37.1. The van der Waals surface area contributed by atoms with Gasteiger partial charge in [-0.3, -0.25) is 0 Å². The Hall–Kier alpha value is -7.36. The van der Waals surface area contributed by atoms with E-state index in [0.29, 0.717) is 5.82 Å². The maximum absolute atomic E-state index is 6.16. The summed E-state index contributed by atoms with van der Waals surface area (Å²) in [6, 6.07) is 73.5. The van der Waals surface area contributed by atoms with Gasteiger partial charge in [-0.15, -0.1) is 0 Å². The average molecular weight is 715 g/mol. The molecule has 2 aromatic heterocycles. The first-order chi connectivity index (χ1) is 27.7. The molecule has 0 saturated heterocycles. The van der Waals surface area contributed by atoms with Gasteiger partial charge >= 0.3 is 0 Å². The fourth-order valence-electron chi connectivity index (χ4n) is 8.83. The number of para-hydroxylation sites is 1. The van der Waals surface area contributed by atoms with E-state index in [4.69, 9.17) is 14.4 Å². The largest absolute Gasteiger partial charge is 0.456 e. The molecule has 0 saturated carbocycles. The predicted octanol–water partition coefficient (Wildman–Crippen LogP) is 13.4. The van der Waals surface area contributed by atoms with Crippen LogP contribution >= 0.6 is 0 Å². The Morgan fingerprint density at radius 1 is 0.339 bits per heavy atom. The topological polar surface area (TPSA) is 38.9 Å². The van der Waals surface area contributed by atoms with Gasteiger partial charge in [-0.1, -0.05) is 164 Å². The molecule has 0 aliphatic heterocycles. The third-order valence-electron chi connectivity index (χ3n) is 11.4. The van der Waals surface area contributed by atoms with Gasteiger partial charge in [0.2, 0.25) is 0 Å². The lowest BCUT2D eigenvalue weighted by atomic mass is 9.67. The maximum atomic E-state index is 6.16. The zero-order valence-corrected chi connectivity index (χ0v) is 30.4. The van der Waals surface area contributed by atoms with Crippen LogP contribution in [0.2, 0.25) is 0 Å². The maximum Gasteiger partial charge on any atom is 0.160 e. The third-order valence-corrected chi connectivity index (χ3v) is 11.4. The standard InChI is InChI=1S/C53H34N2O/c1-4-15-35(16-5-1)52-54-48(34-49(55-52)39-28-30-51-45(32-39)44-24-11-13-26-50(44)56-51)38-18-14-17-36(31-38)37-27-29-43-42-23-10-12-25-46(42)53(47(43)33-37,40-19-6-2-7-20-40)41-21-8-3-9-22-41/h1-34H. The Bertz CT molecular complexity index is 3040. The van der Waals surface area contributed by atoms with Gasteiger partial charge in [0.05, 0.1) is 16.8 Å². The molecular weight excluding hydrogens is 681 g/mol. The van der Waals surface area contributed by atoms with Gasteiger partial charge in [0.25, 0.3) is 0 Å². The lowest BCUT2D eigenvalue weighted by Gasteiger charge is -2.34. The first-order valence-corrected chi connectivity index (χ1v) is 19.1. The lowest BCUT2D eigenvalue weighted by Crippen LogP contribution is -2.28. The molecule has 0 bridgehead atoms. The fraction of sp³-hybridized carbons (Fsp3) is 0.0189. The van der Waals surface area contributed by atoms with Crippen molar-refractivity contribution in [3.05, 3.63) is 229 Å². The predicted molar refractivity (Wildman–Crippen MR) is 228 cm³/mol. The van der Waals surface area contributed by atoms with Crippen molar-refractivity contribution < 1.29 is 4.42 Å². The van der Waals surface area contributed by atoms with Crippen molar-refractivity contribution in [2.24, 2.45) is 0 Å². The van der Waals surface area contributed by atoms with Gasteiger partial charge in [0.15, 0.2) is 5.82 Å². The first-order valence-electron chi connectivity index (χ1n) is 19.1. The quantitative estimate of drug-likeness (QED) is 0.172. The van der Waals surface area contributed by atoms with E-state index in [1.165, 1.54) is 33.4 Å². The number of hydrogen-bond acceptors (Lipinski definition) is 3.